The van der Waals surface area contributed by atoms with Crippen LogP contribution in [0.1, 0.15) is 27.3 Å². The Morgan fingerprint density at radius 2 is 1.77 bits per heavy atom. The van der Waals surface area contributed by atoms with E-state index < -0.39 is 0 Å². The van der Waals surface area contributed by atoms with Gasteiger partial charge in [-0.1, -0.05) is 35.9 Å². The maximum atomic E-state index is 13.1. The average Bonchev–Trinajstić information content (AvgIpc) is 3.05. The first-order valence-corrected chi connectivity index (χ1v) is 10.7. The summed E-state index contributed by atoms with van der Waals surface area (Å²) >= 11 is 6.34. The SMILES string of the molecule is Cc1cc(C(=O)CN2CCN(c3ccccn3)CC2)c(C)n1Cc1ccccc1Cl. The average molecular weight is 423 g/mol. The summed E-state index contributed by atoms with van der Waals surface area (Å²) < 4.78 is 2.17. The largest absolute Gasteiger partial charge is 0.354 e. The summed E-state index contributed by atoms with van der Waals surface area (Å²) in [7, 11) is 0. The third kappa shape index (κ3) is 4.42. The van der Waals surface area contributed by atoms with E-state index in [1.54, 1.807) is 0 Å². The molecule has 156 valence electrons. The molecule has 0 unspecified atom stereocenters. The van der Waals surface area contributed by atoms with Gasteiger partial charge < -0.3 is 9.47 Å². The fourth-order valence-corrected chi connectivity index (χ4v) is 4.28. The molecule has 6 heteroatoms. The molecule has 0 radical (unpaired) electrons. The van der Waals surface area contributed by atoms with Crippen LogP contribution in [-0.4, -0.2) is 53.0 Å². The molecule has 0 spiro atoms. The van der Waals surface area contributed by atoms with E-state index in [0.717, 1.165) is 59.5 Å². The highest BCUT2D eigenvalue weighted by molar-refractivity contribution is 6.31. The smallest absolute Gasteiger partial charge is 0.178 e. The predicted octanol–water partition coefficient (Wildman–Crippen LogP) is 4.21. The Morgan fingerprint density at radius 1 is 1.03 bits per heavy atom. The predicted molar refractivity (Wildman–Crippen MR) is 122 cm³/mol. The minimum atomic E-state index is 0.180. The molecular formula is C24H27ClN4O. The van der Waals surface area contributed by atoms with Crippen molar-refractivity contribution >= 4 is 23.2 Å². The van der Waals surface area contributed by atoms with Crippen molar-refractivity contribution in [3.63, 3.8) is 0 Å². The topological polar surface area (TPSA) is 41.4 Å². The number of rotatable bonds is 6. The van der Waals surface area contributed by atoms with Crippen molar-refractivity contribution in [2.75, 3.05) is 37.6 Å². The van der Waals surface area contributed by atoms with Crippen LogP contribution >= 0.6 is 11.6 Å². The van der Waals surface area contributed by atoms with Crippen molar-refractivity contribution < 1.29 is 4.79 Å². The minimum absolute atomic E-state index is 0.180. The van der Waals surface area contributed by atoms with Crippen LogP contribution < -0.4 is 4.90 Å². The number of carbonyl (C=O) groups is 1. The summed E-state index contributed by atoms with van der Waals surface area (Å²) in [5, 5.41) is 0.753. The van der Waals surface area contributed by atoms with Crippen LogP contribution in [0.25, 0.3) is 0 Å². The molecule has 2 aromatic heterocycles. The molecule has 0 bridgehead atoms. The van der Waals surface area contributed by atoms with E-state index in [9.17, 15) is 4.79 Å². The molecule has 1 aliphatic heterocycles. The second-order valence-electron chi connectivity index (χ2n) is 7.84. The van der Waals surface area contributed by atoms with Crippen molar-refractivity contribution in [1.29, 1.82) is 0 Å². The van der Waals surface area contributed by atoms with Crippen molar-refractivity contribution in [1.82, 2.24) is 14.5 Å². The molecule has 0 aliphatic carbocycles. The Labute approximate surface area is 182 Å². The van der Waals surface area contributed by atoms with Crippen LogP contribution in [0.5, 0.6) is 0 Å². The normalized spacial score (nSPS) is 14.8. The first-order chi connectivity index (χ1) is 14.5. The Kier molecular flexibility index (Phi) is 6.21. The molecule has 4 rings (SSSR count). The second kappa shape index (κ2) is 9.02. The summed E-state index contributed by atoms with van der Waals surface area (Å²) in [6.07, 6.45) is 1.82. The summed E-state index contributed by atoms with van der Waals surface area (Å²) in [6.45, 7) is 8.69. The Morgan fingerprint density at radius 3 is 2.47 bits per heavy atom. The van der Waals surface area contributed by atoms with Gasteiger partial charge in [0.05, 0.1) is 6.54 Å². The fourth-order valence-electron chi connectivity index (χ4n) is 4.09. The molecule has 1 aromatic carbocycles. The third-order valence-electron chi connectivity index (χ3n) is 5.87. The van der Waals surface area contributed by atoms with Gasteiger partial charge in [0.25, 0.3) is 0 Å². The Bertz CT molecular complexity index is 1020. The lowest BCUT2D eigenvalue weighted by Gasteiger charge is -2.35. The quantitative estimate of drug-likeness (QED) is 0.558. The maximum absolute atomic E-state index is 13.1. The van der Waals surface area contributed by atoms with E-state index in [1.165, 1.54) is 0 Å². The number of anilines is 1. The molecule has 5 nitrogen and oxygen atoms in total. The van der Waals surface area contributed by atoms with E-state index in [2.05, 4.69) is 19.4 Å². The number of benzene rings is 1. The molecule has 0 N–H and O–H groups in total. The third-order valence-corrected chi connectivity index (χ3v) is 6.24. The van der Waals surface area contributed by atoms with Gasteiger partial charge in [-0.25, -0.2) is 4.98 Å². The standard InChI is InChI=1S/C24H27ClN4O/c1-18-15-21(19(2)29(18)16-20-7-3-4-8-22(20)25)23(30)17-27-11-13-28(14-12-27)24-9-5-6-10-26-24/h3-10,15H,11-14,16-17H2,1-2H3. The van der Waals surface area contributed by atoms with Crippen LogP contribution in [0.4, 0.5) is 5.82 Å². The lowest BCUT2D eigenvalue weighted by atomic mass is 10.1. The molecule has 0 amide bonds. The van der Waals surface area contributed by atoms with E-state index in [0.29, 0.717) is 13.1 Å². The molecule has 30 heavy (non-hydrogen) atoms. The van der Waals surface area contributed by atoms with Crippen molar-refractivity contribution in [2.45, 2.75) is 20.4 Å². The molecule has 3 heterocycles. The first-order valence-electron chi connectivity index (χ1n) is 10.3. The van der Waals surface area contributed by atoms with Gasteiger partial charge in [0.15, 0.2) is 5.78 Å². The fraction of sp³-hybridized carbons (Fsp3) is 0.333. The van der Waals surface area contributed by atoms with Crippen molar-refractivity contribution in [3.8, 4) is 0 Å². The highest BCUT2D eigenvalue weighted by Crippen LogP contribution is 2.22. The van der Waals surface area contributed by atoms with Gasteiger partial charge in [0.2, 0.25) is 0 Å². The van der Waals surface area contributed by atoms with Gasteiger partial charge in [-0.05, 0) is 43.7 Å². The molecule has 3 aromatic rings. The van der Waals surface area contributed by atoms with Crippen LogP contribution in [-0.2, 0) is 6.54 Å². The summed E-state index contributed by atoms with van der Waals surface area (Å²) in [6, 6.07) is 15.9. The van der Waals surface area contributed by atoms with E-state index in [-0.39, 0.29) is 5.78 Å². The number of halogens is 1. The van der Waals surface area contributed by atoms with Gasteiger partial charge in [0, 0.05) is 60.9 Å². The summed E-state index contributed by atoms with van der Waals surface area (Å²) in [4.78, 5) is 22.0. The summed E-state index contributed by atoms with van der Waals surface area (Å²) in [5.74, 6) is 1.19. The van der Waals surface area contributed by atoms with Gasteiger partial charge in [0.1, 0.15) is 5.82 Å². The number of aromatic nitrogens is 2. The monoisotopic (exact) mass is 422 g/mol. The molecule has 1 aliphatic rings. The molecular weight excluding hydrogens is 396 g/mol. The van der Waals surface area contributed by atoms with Crippen LogP contribution in [0.3, 0.4) is 0 Å². The minimum Gasteiger partial charge on any atom is -0.354 e. The van der Waals surface area contributed by atoms with Gasteiger partial charge >= 0.3 is 0 Å². The number of hydrogen-bond donors (Lipinski definition) is 0. The molecule has 1 fully saturated rings. The van der Waals surface area contributed by atoms with E-state index in [1.807, 2.05) is 68.6 Å². The molecule has 0 saturated carbocycles. The van der Waals surface area contributed by atoms with Gasteiger partial charge in [-0.3, -0.25) is 9.69 Å². The number of ketones is 1. The number of piperazine rings is 1. The van der Waals surface area contributed by atoms with Crippen molar-refractivity contribution in [3.05, 3.63) is 82.3 Å². The van der Waals surface area contributed by atoms with Crippen molar-refractivity contribution in [2.24, 2.45) is 0 Å². The highest BCUT2D eigenvalue weighted by atomic mass is 35.5. The number of carbonyl (C=O) groups excluding carboxylic acids is 1. The molecule has 0 atom stereocenters. The number of pyridine rings is 1. The number of Topliss-reactive ketones (excluding diaryl/α,β-unsaturated/α-hetero) is 1. The number of hydrogen-bond acceptors (Lipinski definition) is 4. The molecule has 1 saturated heterocycles. The zero-order valence-corrected chi connectivity index (χ0v) is 18.3. The zero-order valence-electron chi connectivity index (χ0n) is 17.5. The van der Waals surface area contributed by atoms with E-state index in [4.69, 9.17) is 11.6 Å². The van der Waals surface area contributed by atoms with Crippen LogP contribution in [0.2, 0.25) is 5.02 Å². The van der Waals surface area contributed by atoms with Crippen LogP contribution in [0, 0.1) is 13.8 Å². The first kappa shape index (κ1) is 20.6. The number of nitrogens with zero attached hydrogens (tertiary/aromatic N) is 4. The second-order valence-corrected chi connectivity index (χ2v) is 8.24. The lowest BCUT2D eigenvalue weighted by Crippen LogP contribution is -2.48. The maximum Gasteiger partial charge on any atom is 0.178 e. The zero-order chi connectivity index (χ0) is 21.1. The van der Waals surface area contributed by atoms with Gasteiger partial charge in [-0.15, -0.1) is 0 Å². The highest BCUT2D eigenvalue weighted by Gasteiger charge is 2.22. The van der Waals surface area contributed by atoms with Crippen LogP contribution in [0.15, 0.2) is 54.7 Å². The van der Waals surface area contributed by atoms with E-state index >= 15 is 0 Å². The Hall–Kier alpha value is -2.63. The summed E-state index contributed by atoms with van der Waals surface area (Å²) in [5.41, 5.74) is 3.96. The lowest BCUT2D eigenvalue weighted by molar-refractivity contribution is 0.0925. The number of aryl methyl sites for hydroxylation is 1. The Balaban J connectivity index is 1.40. The van der Waals surface area contributed by atoms with Gasteiger partial charge in [-0.2, -0.15) is 0 Å².